The average molecular weight is 489 g/mol. The van der Waals surface area contributed by atoms with Gasteiger partial charge in [0.15, 0.2) is 0 Å². The van der Waals surface area contributed by atoms with Crippen LogP contribution in [0.3, 0.4) is 0 Å². The SMILES string of the molecule is C(=C\c1ccccc1)/C=N/CCN(CC/N=C/C=C/c1ccccc1)CC/N=C/C=C/c1ccccc1. The topological polar surface area (TPSA) is 40.3 Å². The lowest BCUT2D eigenvalue weighted by molar-refractivity contribution is 0.298. The van der Waals surface area contributed by atoms with Crippen molar-refractivity contribution in [3.05, 3.63) is 126 Å². The fraction of sp³-hybridized carbons (Fsp3) is 0.182. The van der Waals surface area contributed by atoms with Gasteiger partial charge in [-0.3, -0.25) is 19.9 Å². The number of nitrogens with zero attached hydrogens (tertiary/aromatic N) is 4. The highest BCUT2D eigenvalue weighted by molar-refractivity contribution is 5.79. The molecule has 0 amide bonds. The third kappa shape index (κ3) is 12.9. The molecule has 4 nitrogen and oxygen atoms in total. The summed E-state index contributed by atoms with van der Waals surface area (Å²) >= 11 is 0. The molecule has 0 unspecified atom stereocenters. The molecular formula is C33H36N4. The van der Waals surface area contributed by atoms with Gasteiger partial charge in [0, 0.05) is 38.3 Å². The lowest BCUT2D eigenvalue weighted by Gasteiger charge is -2.19. The van der Waals surface area contributed by atoms with Crippen molar-refractivity contribution in [3.8, 4) is 0 Å². The Morgan fingerprint density at radius 1 is 0.432 bits per heavy atom. The van der Waals surface area contributed by atoms with E-state index in [-0.39, 0.29) is 0 Å². The van der Waals surface area contributed by atoms with Gasteiger partial charge in [0.05, 0.1) is 19.6 Å². The summed E-state index contributed by atoms with van der Waals surface area (Å²) in [6, 6.07) is 30.8. The van der Waals surface area contributed by atoms with Crippen molar-refractivity contribution in [2.24, 2.45) is 15.0 Å². The summed E-state index contributed by atoms with van der Waals surface area (Å²) in [5.41, 5.74) is 3.52. The molecule has 3 aromatic rings. The average Bonchev–Trinajstić information content (AvgIpc) is 2.95. The van der Waals surface area contributed by atoms with Gasteiger partial charge in [0.25, 0.3) is 0 Å². The largest absolute Gasteiger partial charge is 0.298 e. The molecule has 0 bridgehead atoms. The normalized spacial score (nSPS) is 12.6. The molecule has 4 heteroatoms. The zero-order valence-corrected chi connectivity index (χ0v) is 21.4. The zero-order chi connectivity index (χ0) is 25.6. The second-order valence-electron chi connectivity index (χ2n) is 8.32. The Morgan fingerprint density at radius 3 is 1.03 bits per heavy atom. The highest BCUT2D eigenvalue weighted by atomic mass is 15.1. The highest BCUT2D eigenvalue weighted by Crippen LogP contribution is 2.01. The lowest BCUT2D eigenvalue weighted by Crippen LogP contribution is -2.31. The Hall–Kier alpha value is -4.15. The molecule has 37 heavy (non-hydrogen) atoms. The molecule has 0 N–H and O–H groups in total. The predicted octanol–water partition coefficient (Wildman–Crippen LogP) is 6.64. The van der Waals surface area contributed by atoms with Crippen molar-refractivity contribution in [3.63, 3.8) is 0 Å². The van der Waals surface area contributed by atoms with Crippen molar-refractivity contribution in [1.29, 1.82) is 0 Å². The van der Waals surface area contributed by atoms with Crippen LogP contribution in [0.1, 0.15) is 16.7 Å². The van der Waals surface area contributed by atoms with Gasteiger partial charge in [-0.2, -0.15) is 0 Å². The molecule has 0 saturated carbocycles. The third-order valence-electron chi connectivity index (χ3n) is 5.48. The van der Waals surface area contributed by atoms with Crippen molar-refractivity contribution < 1.29 is 0 Å². The van der Waals surface area contributed by atoms with Crippen molar-refractivity contribution >= 4 is 36.9 Å². The van der Waals surface area contributed by atoms with E-state index in [1.54, 1.807) is 0 Å². The smallest absolute Gasteiger partial charge is 0.0516 e. The number of benzene rings is 3. The second-order valence-corrected chi connectivity index (χ2v) is 8.32. The van der Waals surface area contributed by atoms with Gasteiger partial charge in [0.2, 0.25) is 0 Å². The molecular weight excluding hydrogens is 452 g/mol. The molecule has 188 valence electrons. The molecule has 0 aliphatic carbocycles. The van der Waals surface area contributed by atoms with Crippen LogP contribution >= 0.6 is 0 Å². The van der Waals surface area contributed by atoms with Crippen LogP contribution in [0.2, 0.25) is 0 Å². The van der Waals surface area contributed by atoms with Crippen LogP contribution < -0.4 is 0 Å². The molecule has 3 rings (SSSR count). The Kier molecular flexibility index (Phi) is 13.5. The second kappa shape index (κ2) is 18.2. The third-order valence-corrected chi connectivity index (χ3v) is 5.48. The van der Waals surface area contributed by atoms with Crippen LogP contribution in [0.4, 0.5) is 0 Å². The monoisotopic (exact) mass is 488 g/mol. The van der Waals surface area contributed by atoms with Crippen LogP contribution in [0, 0.1) is 0 Å². The number of hydrogen-bond donors (Lipinski definition) is 0. The van der Waals surface area contributed by atoms with E-state index in [1.807, 2.05) is 91.5 Å². The van der Waals surface area contributed by atoms with Crippen LogP contribution in [-0.4, -0.2) is 62.8 Å². The molecule has 0 aliphatic heterocycles. The quantitative estimate of drug-likeness (QED) is 0.221. The first-order valence-electron chi connectivity index (χ1n) is 12.8. The maximum absolute atomic E-state index is 4.56. The standard InChI is InChI=1S/C33H36N4/c1-4-13-31(14-5-1)19-10-22-34-25-28-37(29-26-35-23-11-20-32-15-6-2-7-16-32)30-27-36-24-12-21-33-17-8-3-9-18-33/h1-24H,25-30H2/b19-10+,20-11+,21-12+,34-22+,35-23+,36-24+. The number of hydrogen-bond acceptors (Lipinski definition) is 4. The van der Waals surface area contributed by atoms with Gasteiger partial charge in [-0.1, -0.05) is 109 Å². The van der Waals surface area contributed by atoms with E-state index in [9.17, 15) is 0 Å². The summed E-state index contributed by atoms with van der Waals surface area (Å²) in [4.78, 5) is 16.0. The Balaban J connectivity index is 1.43. The Labute approximate surface area is 221 Å². The van der Waals surface area contributed by atoms with E-state index in [0.717, 1.165) is 39.3 Å². The summed E-state index contributed by atoms with van der Waals surface area (Å²) in [7, 11) is 0. The first-order valence-corrected chi connectivity index (χ1v) is 12.8. The molecule has 0 aliphatic rings. The minimum atomic E-state index is 0.744. The number of allylic oxidation sites excluding steroid dienone is 3. The molecule has 0 fully saturated rings. The van der Waals surface area contributed by atoms with E-state index < -0.39 is 0 Å². The lowest BCUT2D eigenvalue weighted by atomic mass is 10.2. The molecule has 0 atom stereocenters. The summed E-state index contributed by atoms with van der Waals surface area (Å²) in [6.45, 7) is 4.86. The first-order chi connectivity index (χ1) is 18.4. The fourth-order valence-corrected chi connectivity index (χ4v) is 3.49. The fourth-order valence-electron chi connectivity index (χ4n) is 3.49. The van der Waals surface area contributed by atoms with E-state index in [4.69, 9.17) is 0 Å². The van der Waals surface area contributed by atoms with Crippen molar-refractivity contribution in [2.45, 2.75) is 0 Å². The van der Waals surface area contributed by atoms with E-state index in [1.165, 1.54) is 16.7 Å². The summed E-state index contributed by atoms with van der Waals surface area (Å²) < 4.78 is 0. The zero-order valence-electron chi connectivity index (χ0n) is 21.4. The van der Waals surface area contributed by atoms with E-state index >= 15 is 0 Å². The molecule has 0 saturated heterocycles. The molecule has 0 spiro atoms. The predicted molar refractivity (Wildman–Crippen MR) is 163 cm³/mol. The van der Waals surface area contributed by atoms with Crippen LogP contribution in [0.25, 0.3) is 18.2 Å². The molecule has 3 aromatic carbocycles. The van der Waals surface area contributed by atoms with Gasteiger partial charge >= 0.3 is 0 Å². The number of aliphatic imine (C=N–C) groups is 3. The van der Waals surface area contributed by atoms with Crippen molar-refractivity contribution in [2.75, 3.05) is 39.3 Å². The van der Waals surface area contributed by atoms with Crippen LogP contribution in [0.5, 0.6) is 0 Å². The molecule has 0 aromatic heterocycles. The van der Waals surface area contributed by atoms with Crippen LogP contribution in [-0.2, 0) is 0 Å². The Bertz CT molecular complexity index is 1010. The summed E-state index contributed by atoms with van der Waals surface area (Å²) in [6.07, 6.45) is 17.8. The van der Waals surface area contributed by atoms with Gasteiger partial charge < -0.3 is 0 Å². The molecule has 0 radical (unpaired) electrons. The maximum Gasteiger partial charge on any atom is 0.0516 e. The number of rotatable bonds is 15. The summed E-state index contributed by atoms with van der Waals surface area (Å²) in [5, 5.41) is 0. The van der Waals surface area contributed by atoms with Gasteiger partial charge in [-0.25, -0.2) is 0 Å². The van der Waals surface area contributed by atoms with Crippen molar-refractivity contribution in [1.82, 2.24) is 4.90 Å². The summed E-state index contributed by atoms with van der Waals surface area (Å²) in [5.74, 6) is 0. The highest BCUT2D eigenvalue weighted by Gasteiger charge is 2.02. The Morgan fingerprint density at radius 2 is 0.730 bits per heavy atom. The minimum Gasteiger partial charge on any atom is -0.298 e. The van der Waals surface area contributed by atoms with E-state index in [0.29, 0.717) is 0 Å². The van der Waals surface area contributed by atoms with Gasteiger partial charge in [0.1, 0.15) is 0 Å². The van der Waals surface area contributed by atoms with Gasteiger partial charge in [-0.05, 0) is 34.9 Å². The first kappa shape index (κ1) is 27.4. The minimum absolute atomic E-state index is 0.744. The van der Waals surface area contributed by atoms with E-state index in [2.05, 4.69) is 74.5 Å². The van der Waals surface area contributed by atoms with Gasteiger partial charge in [-0.15, -0.1) is 0 Å². The molecule has 0 heterocycles. The maximum atomic E-state index is 4.56. The van der Waals surface area contributed by atoms with Crippen LogP contribution in [0.15, 0.2) is 124 Å².